The van der Waals surface area contributed by atoms with Crippen LogP contribution in [0.1, 0.15) is 120 Å². The molecule has 0 aromatic carbocycles. The fourth-order valence-corrected chi connectivity index (χ4v) is 0. The van der Waals surface area contributed by atoms with Gasteiger partial charge in [-0.3, -0.25) is 0 Å². The van der Waals surface area contributed by atoms with Crippen LogP contribution in [0.25, 0.3) is 0 Å². The quantitative estimate of drug-likeness (QED) is 0.210. The van der Waals surface area contributed by atoms with Crippen LogP contribution in [0.3, 0.4) is 0 Å². The van der Waals surface area contributed by atoms with E-state index >= 15 is 0 Å². The van der Waals surface area contributed by atoms with Crippen LogP contribution in [-0.4, -0.2) is 167 Å². The van der Waals surface area contributed by atoms with Crippen molar-refractivity contribution in [1.29, 1.82) is 0 Å². The van der Waals surface area contributed by atoms with E-state index in [9.17, 15) is 89.1 Å². The summed E-state index contributed by atoms with van der Waals surface area (Å²) in [6, 6.07) is 0. The Morgan fingerprint density at radius 3 is 0.280 bits per heavy atom. The zero-order valence-corrected chi connectivity index (χ0v) is 38.2. The fraction of sp³-hybridized carbons (Fsp3) is 0.667. The summed E-state index contributed by atoms with van der Waals surface area (Å²) in [7, 11) is 0. The Morgan fingerprint density at radius 1 is 0.260 bits per heavy atom. The van der Waals surface area contributed by atoms with E-state index in [1.807, 2.05) is 0 Å². The smallest absolute Gasteiger partial charge is 0.550 e. The molecule has 23 heteroatoms. The average molecular weight is 859 g/mol. The van der Waals surface area contributed by atoms with Gasteiger partial charge in [-0.05, 0) is 57.8 Å². The summed E-state index contributed by atoms with van der Waals surface area (Å²) in [6.07, 6.45) is 1.000. The fourth-order valence-electron chi connectivity index (χ4n) is 0. The van der Waals surface area contributed by atoms with Crippen LogP contribution in [0, 0.1) is 0 Å². The van der Waals surface area contributed by atoms with Crippen molar-refractivity contribution in [2.45, 2.75) is 120 Å². The predicted octanol–water partition coefficient (Wildman–Crippen LogP) is -8.45. The van der Waals surface area contributed by atoms with Gasteiger partial charge in [-0.1, -0.05) is 62.3 Å². The average Bonchev–Trinajstić information content (AvgIpc) is 2.99. The molecule has 0 aromatic rings. The van der Waals surface area contributed by atoms with Gasteiger partial charge < -0.3 is 95.3 Å². The van der Waals surface area contributed by atoms with Gasteiger partial charge in [-0.2, -0.15) is 0 Å². The summed E-state index contributed by atoms with van der Waals surface area (Å²) in [5, 5.41) is 83.3. The Labute approximate surface area is 394 Å². The molecule has 0 bridgehead atoms. The van der Waals surface area contributed by atoms with E-state index < -0.39 is 53.7 Å². The molecular formula is C27H49Ca3CuNO18. The largest absolute Gasteiger partial charge is 2.00 e. The van der Waals surface area contributed by atoms with Crippen LogP contribution in [0.4, 0.5) is 0 Å². The number of carboxylic acids is 9. The molecule has 0 saturated carbocycles. The Balaban J connectivity index is -0.0000000240. The summed E-state index contributed by atoms with van der Waals surface area (Å²) in [5.41, 5.74) is 0. The van der Waals surface area contributed by atoms with Crippen molar-refractivity contribution < 1.29 is 106 Å². The summed E-state index contributed by atoms with van der Waals surface area (Å²) in [6.45, 7) is 13.8. The van der Waals surface area contributed by atoms with Gasteiger partial charge in [-0.25, -0.2) is 0 Å². The number of carboxylic acid groups (broad SMARTS) is 9. The Bertz CT molecular complexity index is 591. The van der Waals surface area contributed by atoms with Gasteiger partial charge in [0.15, 0.2) is 0 Å². The molecule has 0 aliphatic rings. The Hall–Kier alpha value is -0.511. The van der Waals surface area contributed by atoms with E-state index in [4.69, 9.17) is 0 Å². The molecule has 4 N–H and O–H groups in total. The van der Waals surface area contributed by atoms with Gasteiger partial charge in [0.05, 0.1) is 0 Å². The van der Waals surface area contributed by atoms with Crippen molar-refractivity contribution in [3.8, 4) is 0 Å². The predicted molar refractivity (Wildman–Crippen MR) is 161 cm³/mol. The van der Waals surface area contributed by atoms with Crippen LogP contribution in [-0.2, 0) is 60.2 Å². The van der Waals surface area contributed by atoms with E-state index in [-0.39, 0.29) is 194 Å². The topological polar surface area (TPSA) is 398 Å². The molecule has 0 amide bonds. The van der Waals surface area contributed by atoms with Gasteiger partial charge in [0.2, 0.25) is 0 Å². The molecule has 0 aliphatic heterocycles. The third-order valence-electron chi connectivity index (χ3n) is 2.60. The Morgan fingerprint density at radius 2 is 0.280 bits per heavy atom. The SMILES string of the molecule is CCC(=O)[O-].CCC(=O)[O-].CCC(=O)[O-].CCC(=O)[O-].CCC(=O)[O-].CCC(=O)[O-].CCC(=O)[O-].CCC(=O)[O-].CCC(=O)[O-].[Ca+2].[Ca+2].[Ca+2].[Cu+2].[NH4+]. The molecule has 0 atom stereocenters. The van der Waals surface area contributed by atoms with E-state index in [2.05, 4.69) is 0 Å². The van der Waals surface area contributed by atoms with E-state index in [0.717, 1.165) is 0 Å². The third-order valence-corrected chi connectivity index (χ3v) is 2.60. The molecule has 287 valence electrons. The second-order valence-corrected chi connectivity index (χ2v) is 6.53. The van der Waals surface area contributed by atoms with Crippen molar-refractivity contribution in [2.75, 3.05) is 0 Å². The van der Waals surface area contributed by atoms with E-state index in [1.165, 1.54) is 62.3 Å². The van der Waals surface area contributed by atoms with E-state index in [1.54, 1.807) is 0 Å². The zero-order chi connectivity index (χ0) is 38.6. The number of hydrogen-bond acceptors (Lipinski definition) is 18. The number of hydrogen-bond donors (Lipinski definition) is 1. The van der Waals surface area contributed by atoms with Crippen LogP contribution in [0.2, 0.25) is 0 Å². The minimum Gasteiger partial charge on any atom is -0.550 e. The molecule has 0 fully saturated rings. The summed E-state index contributed by atoms with van der Waals surface area (Å²) < 4.78 is 0. The van der Waals surface area contributed by atoms with Gasteiger partial charge in [0, 0.05) is 53.7 Å². The first kappa shape index (κ1) is 92.4. The molecule has 19 nitrogen and oxygen atoms in total. The number of carbonyl (C=O) groups excluding carboxylic acids is 9. The molecule has 0 spiro atoms. The molecule has 0 aliphatic carbocycles. The van der Waals surface area contributed by atoms with Gasteiger partial charge in [-0.15, -0.1) is 0 Å². The molecule has 0 rings (SSSR count). The molecule has 0 saturated heterocycles. The number of carbonyl (C=O) groups is 9. The first-order chi connectivity index (χ1) is 20.4. The van der Waals surface area contributed by atoms with Crippen LogP contribution in [0.5, 0.6) is 0 Å². The third kappa shape index (κ3) is 336. The van der Waals surface area contributed by atoms with Gasteiger partial charge >= 0.3 is 130 Å². The minimum absolute atomic E-state index is 0. The molecule has 0 heterocycles. The van der Waals surface area contributed by atoms with Gasteiger partial charge in [0.1, 0.15) is 0 Å². The molecule has 1 radical (unpaired) electrons. The summed E-state index contributed by atoms with van der Waals surface area (Å²) in [5.74, 6) is -8.96. The maximum Gasteiger partial charge on any atom is 2.00 e. The maximum absolute atomic E-state index is 9.26. The Kier molecular flexibility index (Phi) is 160. The number of rotatable bonds is 9. The number of quaternary nitrogens is 1. The van der Waals surface area contributed by atoms with Crippen LogP contribution < -0.4 is 52.1 Å². The monoisotopic (exact) mass is 858 g/mol. The second kappa shape index (κ2) is 86.8. The molecule has 0 aromatic heterocycles. The van der Waals surface area contributed by atoms with Crippen LogP contribution in [0.15, 0.2) is 0 Å². The first-order valence-electron chi connectivity index (χ1n) is 13.2. The molecular weight excluding hydrogens is 810 g/mol. The molecule has 0 unspecified atom stereocenters. The van der Waals surface area contributed by atoms with Crippen molar-refractivity contribution in [1.82, 2.24) is 6.15 Å². The van der Waals surface area contributed by atoms with Crippen molar-refractivity contribution in [3.05, 3.63) is 0 Å². The minimum atomic E-state index is -0.995. The van der Waals surface area contributed by atoms with E-state index in [0.29, 0.717) is 0 Å². The maximum atomic E-state index is 9.26. The summed E-state index contributed by atoms with van der Waals surface area (Å²) >= 11 is 0. The standard InChI is InChI=1S/9C3H6O2.3Ca.Cu.H3N/c9*1-2-3(4)5;;;;;/h9*2H2,1H3,(H,4,5);;;;;1H3/q;;;;;;;;;4*+2;/p-8. The summed E-state index contributed by atoms with van der Waals surface area (Å²) in [4.78, 5) is 83.3. The first-order valence-corrected chi connectivity index (χ1v) is 13.2. The van der Waals surface area contributed by atoms with Crippen molar-refractivity contribution >= 4 is 167 Å². The van der Waals surface area contributed by atoms with Crippen molar-refractivity contribution in [2.24, 2.45) is 0 Å². The van der Waals surface area contributed by atoms with Crippen molar-refractivity contribution in [3.63, 3.8) is 0 Å². The zero-order valence-electron chi connectivity index (χ0n) is 30.6. The van der Waals surface area contributed by atoms with Crippen LogP contribution >= 0.6 is 0 Å². The number of aliphatic carboxylic acids is 9. The second-order valence-electron chi connectivity index (χ2n) is 6.53. The molecule has 50 heavy (non-hydrogen) atoms. The normalized spacial score (nSPS) is 6.66. The van der Waals surface area contributed by atoms with Gasteiger partial charge in [0.25, 0.3) is 0 Å².